The smallest absolute Gasteiger partial charge is 0.262 e. The molecule has 1 saturated heterocycles. The van der Waals surface area contributed by atoms with Crippen molar-refractivity contribution in [3.05, 3.63) is 54.1 Å². The number of amides is 2. The van der Waals surface area contributed by atoms with E-state index in [1.165, 1.54) is 0 Å². The molecule has 8 heteroatoms. The van der Waals surface area contributed by atoms with Crippen LogP contribution in [0.25, 0.3) is 0 Å². The van der Waals surface area contributed by atoms with E-state index in [-0.39, 0.29) is 42.9 Å². The van der Waals surface area contributed by atoms with Gasteiger partial charge in [0, 0.05) is 29.4 Å². The minimum absolute atomic E-state index is 0. The predicted octanol–water partition coefficient (Wildman–Crippen LogP) is 3.00. The first-order chi connectivity index (χ1) is 14.0. The van der Waals surface area contributed by atoms with Crippen LogP contribution in [0, 0.1) is 0 Å². The van der Waals surface area contributed by atoms with E-state index in [0.29, 0.717) is 22.7 Å². The van der Waals surface area contributed by atoms with E-state index >= 15 is 0 Å². The molecule has 3 rings (SSSR count). The maximum Gasteiger partial charge on any atom is 0.262 e. The molecule has 0 saturated carbocycles. The third kappa shape index (κ3) is 6.64. The van der Waals surface area contributed by atoms with Gasteiger partial charge >= 0.3 is 0 Å². The van der Waals surface area contributed by atoms with E-state index in [4.69, 9.17) is 9.47 Å². The second kappa shape index (κ2) is 11.4. The summed E-state index contributed by atoms with van der Waals surface area (Å²) < 4.78 is 10.6. The molecule has 0 bridgehead atoms. The van der Waals surface area contributed by atoms with Gasteiger partial charge < -0.3 is 25.4 Å². The van der Waals surface area contributed by atoms with E-state index < -0.39 is 0 Å². The van der Waals surface area contributed by atoms with Crippen molar-refractivity contribution in [2.24, 2.45) is 0 Å². The largest absolute Gasteiger partial charge is 0.497 e. The van der Waals surface area contributed by atoms with Crippen molar-refractivity contribution < 1.29 is 19.1 Å². The Morgan fingerprint density at radius 1 is 1.13 bits per heavy atom. The Morgan fingerprint density at radius 3 is 2.60 bits per heavy atom. The summed E-state index contributed by atoms with van der Waals surface area (Å²) in [5.74, 6) is 0.803. The van der Waals surface area contributed by atoms with Gasteiger partial charge in [-0.05, 0) is 62.7 Å². The van der Waals surface area contributed by atoms with Crippen molar-refractivity contribution in [1.82, 2.24) is 10.6 Å². The average molecular weight is 434 g/mol. The number of rotatable bonds is 7. The van der Waals surface area contributed by atoms with Gasteiger partial charge in [-0.1, -0.05) is 6.07 Å². The molecule has 7 nitrogen and oxygen atoms in total. The number of anilines is 1. The lowest BCUT2D eigenvalue weighted by molar-refractivity contribution is -0.118. The fraction of sp³-hybridized carbons (Fsp3) is 0.364. The van der Waals surface area contributed by atoms with Crippen LogP contribution in [0.4, 0.5) is 5.69 Å². The molecule has 1 fully saturated rings. The molecule has 2 aromatic rings. The van der Waals surface area contributed by atoms with Crippen LogP contribution in [-0.2, 0) is 4.79 Å². The maximum atomic E-state index is 12.4. The van der Waals surface area contributed by atoms with Crippen LogP contribution in [-0.4, -0.2) is 44.2 Å². The van der Waals surface area contributed by atoms with Crippen LogP contribution >= 0.6 is 12.4 Å². The molecule has 3 N–H and O–H groups in total. The molecule has 2 unspecified atom stereocenters. The quantitative estimate of drug-likeness (QED) is 0.624. The SMILES string of the molecule is COc1cccc(NC(=O)COc2ccc(C(=O)NC3CCCNC3C)cc2)c1.Cl. The van der Waals surface area contributed by atoms with Crippen LogP contribution in [0.3, 0.4) is 0 Å². The minimum Gasteiger partial charge on any atom is -0.497 e. The Morgan fingerprint density at radius 2 is 1.90 bits per heavy atom. The van der Waals surface area contributed by atoms with E-state index in [1.54, 1.807) is 55.6 Å². The molecule has 2 atom stereocenters. The van der Waals surface area contributed by atoms with Crippen molar-refractivity contribution in [3.8, 4) is 11.5 Å². The van der Waals surface area contributed by atoms with Gasteiger partial charge in [0.05, 0.1) is 7.11 Å². The molecular formula is C22H28ClN3O4. The van der Waals surface area contributed by atoms with E-state index in [0.717, 1.165) is 19.4 Å². The second-order valence-corrected chi connectivity index (χ2v) is 7.06. The van der Waals surface area contributed by atoms with Crippen LogP contribution in [0.1, 0.15) is 30.1 Å². The Labute approximate surface area is 182 Å². The molecular weight excluding hydrogens is 406 g/mol. The summed E-state index contributed by atoms with van der Waals surface area (Å²) in [7, 11) is 1.57. The van der Waals surface area contributed by atoms with Gasteiger partial charge in [0.2, 0.25) is 0 Å². The highest BCUT2D eigenvalue weighted by Crippen LogP contribution is 2.17. The number of hydrogen-bond donors (Lipinski definition) is 3. The van der Waals surface area contributed by atoms with Crippen molar-refractivity contribution in [3.63, 3.8) is 0 Å². The van der Waals surface area contributed by atoms with Gasteiger partial charge in [-0.15, -0.1) is 12.4 Å². The Hall–Kier alpha value is -2.77. The van der Waals surface area contributed by atoms with Crippen LogP contribution in [0.2, 0.25) is 0 Å². The van der Waals surface area contributed by atoms with Crippen molar-refractivity contribution >= 4 is 29.9 Å². The van der Waals surface area contributed by atoms with Gasteiger partial charge in [0.15, 0.2) is 6.61 Å². The highest BCUT2D eigenvalue weighted by atomic mass is 35.5. The first-order valence-electron chi connectivity index (χ1n) is 9.76. The second-order valence-electron chi connectivity index (χ2n) is 7.06. The predicted molar refractivity (Wildman–Crippen MR) is 119 cm³/mol. The fourth-order valence-corrected chi connectivity index (χ4v) is 3.24. The lowest BCUT2D eigenvalue weighted by atomic mass is 9.99. The summed E-state index contributed by atoms with van der Waals surface area (Å²) >= 11 is 0. The molecule has 162 valence electrons. The maximum absolute atomic E-state index is 12.4. The van der Waals surface area contributed by atoms with Gasteiger partial charge in [0.25, 0.3) is 11.8 Å². The number of hydrogen-bond acceptors (Lipinski definition) is 5. The van der Waals surface area contributed by atoms with Gasteiger partial charge in [-0.3, -0.25) is 9.59 Å². The summed E-state index contributed by atoms with van der Waals surface area (Å²) in [6, 6.07) is 14.3. The zero-order valence-electron chi connectivity index (χ0n) is 17.1. The number of benzene rings is 2. The average Bonchev–Trinajstić information content (AvgIpc) is 2.74. The number of piperidine rings is 1. The molecule has 2 amide bonds. The third-order valence-electron chi connectivity index (χ3n) is 4.92. The zero-order chi connectivity index (χ0) is 20.6. The number of ether oxygens (including phenoxy) is 2. The molecule has 30 heavy (non-hydrogen) atoms. The van der Waals surface area contributed by atoms with E-state index in [2.05, 4.69) is 22.9 Å². The van der Waals surface area contributed by atoms with Gasteiger partial charge in [0.1, 0.15) is 11.5 Å². The van der Waals surface area contributed by atoms with Crippen LogP contribution in [0.5, 0.6) is 11.5 Å². The van der Waals surface area contributed by atoms with Gasteiger partial charge in [-0.2, -0.15) is 0 Å². The molecule has 1 aliphatic heterocycles. The Bertz CT molecular complexity index is 845. The first kappa shape index (κ1) is 23.5. The van der Waals surface area contributed by atoms with E-state index in [1.807, 2.05) is 0 Å². The molecule has 0 spiro atoms. The summed E-state index contributed by atoms with van der Waals surface area (Å²) in [5, 5.41) is 9.20. The summed E-state index contributed by atoms with van der Waals surface area (Å²) in [6.07, 6.45) is 2.03. The van der Waals surface area contributed by atoms with E-state index in [9.17, 15) is 9.59 Å². The van der Waals surface area contributed by atoms with Crippen LogP contribution < -0.4 is 25.4 Å². The normalized spacial score (nSPS) is 17.9. The molecule has 2 aromatic carbocycles. The lowest BCUT2D eigenvalue weighted by Gasteiger charge is -2.30. The van der Waals surface area contributed by atoms with Crippen molar-refractivity contribution in [2.75, 3.05) is 25.6 Å². The molecule has 0 radical (unpaired) electrons. The summed E-state index contributed by atoms with van der Waals surface area (Å²) in [5.41, 5.74) is 1.20. The number of nitrogens with one attached hydrogen (secondary N) is 3. The monoisotopic (exact) mass is 433 g/mol. The summed E-state index contributed by atoms with van der Waals surface area (Å²) in [6.45, 7) is 2.94. The highest BCUT2D eigenvalue weighted by Gasteiger charge is 2.22. The molecule has 1 heterocycles. The highest BCUT2D eigenvalue weighted by molar-refractivity contribution is 5.94. The molecule has 0 aromatic heterocycles. The fourth-order valence-electron chi connectivity index (χ4n) is 3.24. The third-order valence-corrected chi connectivity index (χ3v) is 4.92. The number of carbonyl (C=O) groups is 2. The standard InChI is InChI=1S/C22H27N3O4.ClH/c1-15-20(7-4-12-23-15)25-22(27)16-8-10-18(11-9-16)29-14-21(26)24-17-5-3-6-19(13-17)28-2;/h3,5-6,8-11,13,15,20,23H,4,7,12,14H2,1-2H3,(H,24,26)(H,25,27);1H. The Balaban J connectivity index is 0.00000320. The van der Waals surface area contributed by atoms with Crippen molar-refractivity contribution in [1.29, 1.82) is 0 Å². The minimum atomic E-state index is -0.279. The van der Waals surface area contributed by atoms with Gasteiger partial charge in [-0.25, -0.2) is 0 Å². The van der Waals surface area contributed by atoms with Crippen molar-refractivity contribution in [2.45, 2.75) is 31.8 Å². The topological polar surface area (TPSA) is 88.7 Å². The number of carbonyl (C=O) groups excluding carboxylic acids is 2. The zero-order valence-corrected chi connectivity index (χ0v) is 18.0. The number of halogens is 1. The number of methoxy groups -OCH3 is 1. The summed E-state index contributed by atoms with van der Waals surface area (Å²) in [4.78, 5) is 24.5. The lowest BCUT2D eigenvalue weighted by Crippen LogP contribution is -2.51. The molecule has 0 aliphatic carbocycles. The first-order valence-corrected chi connectivity index (χ1v) is 9.76. The Kier molecular flexibility index (Phi) is 8.95. The molecule has 1 aliphatic rings. The van der Waals surface area contributed by atoms with Crippen LogP contribution in [0.15, 0.2) is 48.5 Å².